The molecule has 20 heavy (non-hydrogen) atoms. The van der Waals surface area contributed by atoms with E-state index in [1.54, 1.807) is 13.8 Å². The fourth-order valence-corrected chi connectivity index (χ4v) is 1.53. The van der Waals surface area contributed by atoms with Crippen LogP contribution < -0.4 is 10.6 Å². The quantitative estimate of drug-likeness (QED) is 0.838. The van der Waals surface area contributed by atoms with Crippen molar-refractivity contribution < 1.29 is 14.3 Å². The van der Waals surface area contributed by atoms with Gasteiger partial charge in [-0.2, -0.15) is 0 Å². The van der Waals surface area contributed by atoms with Gasteiger partial charge < -0.3 is 15.4 Å². The Hall–Kier alpha value is -2.04. The molecule has 0 bridgehead atoms. The van der Waals surface area contributed by atoms with E-state index in [2.05, 4.69) is 10.6 Å². The molecule has 1 aromatic carbocycles. The molecule has 110 valence electrons. The molecule has 0 unspecified atom stereocenters. The minimum atomic E-state index is -0.997. The summed E-state index contributed by atoms with van der Waals surface area (Å²) in [5, 5.41) is 5.30. The number of amides is 2. The van der Waals surface area contributed by atoms with E-state index >= 15 is 0 Å². The monoisotopic (exact) mass is 278 g/mol. The third kappa shape index (κ3) is 5.30. The van der Waals surface area contributed by atoms with Crippen LogP contribution in [-0.4, -0.2) is 24.1 Å². The maximum absolute atomic E-state index is 11.9. The highest BCUT2D eigenvalue weighted by Gasteiger charge is 2.29. The molecule has 0 saturated heterocycles. The Morgan fingerprint density at radius 3 is 2.45 bits per heavy atom. The first-order valence-corrected chi connectivity index (χ1v) is 6.73. The number of alkyl carbamates (subject to hydrolysis) is 1. The molecular weight excluding hydrogens is 256 g/mol. The Balaban J connectivity index is 2.42. The second-order valence-corrected chi connectivity index (χ2v) is 5.07. The van der Waals surface area contributed by atoms with Crippen LogP contribution in [-0.2, 0) is 16.1 Å². The molecular formula is C15H22N2O3. The lowest BCUT2D eigenvalue weighted by Crippen LogP contribution is -2.54. The van der Waals surface area contributed by atoms with Crippen LogP contribution in [0.25, 0.3) is 0 Å². The van der Waals surface area contributed by atoms with E-state index in [0.717, 1.165) is 12.0 Å². The fraction of sp³-hybridized carbons (Fsp3) is 0.467. The van der Waals surface area contributed by atoms with Crippen molar-refractivity contribution in [3.8, 4) is 0 Å². The van der Waals surface area contributed by atoms with Gasteiger partial charge in [0.1, 0.15) is 12.1 Å². The number of hydrogen-bond acceptors (Lipinski definition) is 3. The lowest BCUT2D eigenvalue weighted by Gasteiger charge is -2.24. The van der Waals surface area contributed by atoms with Gasteiger partial charge >= 0.3 is 6.09 Å². The summed E-state index contributed by atoms with van der Waals surface area (Å²) >= 11 is 0. The number of ether oxygens (including phenoxy) is 1. The van der Waals surface area contributed by atoms with E-state index in [1.165, 1.54) is 0 Å². The summed E-state index contributed by atoms with van der Waals surface area (Å²) in [4.78, 5) is 23.5. The summed E-state index contributed by atoms with van der Waals surface area (Å²) < 4.78 is 5.09. The molecule has 0 aliphatic carbocycles. The molecule has 5 heteroatoms. The van der Waals surface area contributed by atoms with E-state index in [1.807, 2.05) is 37.3 Å². The first-order chi connectivity index (χ1) is 9.45. The Bertz CT molecular complexity index is 444. The summed E-state index contributed by atoms with van der Waals surface area (Å²) in [5.74, 6) is -0.226. The summed E-state index contributed by atoms with van der Waals surface area (Å²) in [6.07, 6.45) is 0.241. The maximum atomic E-state index is 11.9. The van der Waals surface area contributed by atoms with Crippen molar-refractivity contribution in [3.05, 3.63) is 35.9 Å². The van der Waals surface area contributed by atoms with Gasteiger partial charge in [-0.15, -0.1) is 0 Å². The molecule has 0 heterocycles. The smallest absolute Gasteiger partial charge is 0.408 e. The molecule has 0 aliphatic rings. The maximum Gasteiger partial charge on any atom is 0.408 e. The molecule has 1 aromatic rings. The van der Waals surface area contributed by atoms with Gasteiger partial charge in [0.05, 0.1) is 0 Å². The highest BCUT2D eigenvalue weighted by atomic mass is 16.5. The fourth-order valence-electron chi connectivity index (χ4n) is 1.53. The van der Waals surface area contributed by atoms with Gasteiger partial charge in [0.25, 0.3) is 0 Å². The number of benzene rings is 1. The lowest BCUT2D eigenvalue weighted by molar-refractivity contribution is -0.126. The van der Waals surface area contributed by atoms with Crippen LogP contribution in [0.4, 0.5) is 4.79 Å². The van der Waals surface area contributed by atoms with Crippen molar-refractivity contribution in [2.45, 2.75) is 39.3 Å². The topological polar surface area (TPSA) is 67.4 Å². The van der Waals surface area contributed by atoms with Crippen molar-refractivity contribution in [1.29, 1.82) is 0 Å². The summed E-state index contributed by atoms with van der Waals surface area (Å²) in [5.41, 5.74) is -0.0981. The van der Waals surface area contributed by atoms with Gasteiger partial charge in [0.2, 0.25) is 5.91 Å². The summed E-state index contributed by atoms with van der Waals surface area (Å²) in [6, 6.07) is 9.38. The predicted octanol–water partition coefficient (Wildman–Crippen LogP) is 2.22. The molecule has 1 rings (SSSR count). The van der Waals surface area contributed by atoms with Crippen LogP contribution in [0.2, 0.25) is 0 Å². The van der Waals surface area contributed by atoms with E-state index < -0.39 is 11.6 Å². The molecule has 2 amide bonds. The van der Waals surface area contributed by atoms with Gasteiger partial charge in [0.15, 0.2) is 0 Å². The number of carbonyl (C=O) groups excluding carboxylic acids is 2. The van der Waals surface area contributed by atoms with Crippen molar-refractivity contribution >= 4 is 12.0 Å². The Kier molecular flexibility index (Phi) is 6.03. The van der Waals surface area contributed by atoms with Crippen molar-refractivity contribution in [2.24, 2.45) is 0 Å². The normalized spacial score (nSPS) is 10.8. The van der Waals surface area contributed by atoms with Crippen LogP contribution in [0.3, 0.4) is 0 Å². The third-order valence-corrected chi connectivity index (χ3v) is 2.73. The van der Waals surface area contributed by atoms with Crippen LogP contribution in [0.1, 0.15) is 32.8 Å². The van der Waals surface area contributed by atoms with Crippen molar-refractivity contribution in [3.63, 3.8) is 0 Å². The Morgan fingerprint density at radius 2 is 1.85 bits per heavy atom. The largest absolute Gasteiger partial charge is 0.445 e. The molecule has 0 fully saturated rings. The van der Waals surface area contributed by atoms with Crippen LogP contribution in [0, 0.1) is 0 Å². The Morgan fingerprint density at radius 1 is 1.20 bits per heavy atom. The zero-order valence-corrected chi connectivity index (χ0v) is 12.2. The lowest BCUT2D eigenvalue weighted by atomic mass is 10.1. The molecule has 0 atom stereocenters. The van der Waals surface area contributed by atoms with Gasteiger partial charge in [0, 0.05) is 6.54 Å². The average Bonchev–Trinajstić information content (AvgIpc) is 2.43. The first kappa shape index (κ1) is 16.0. The molecule has 0 aliphatic heterocycles. The van der Waals surface area contributed by atoms with E-state index in [0.29, 0.717) is 6.54 Å². The number of carbonyl (C=O) groups is 2. The van der Waals surface area contributed by atoms with Crippen LogP contribution in [0.5, 0.6) is 0 Å². The van der Waals surface area contributed by atoms with Crippen LogP contribution >= 0.6 is 0 Å². The van der Waals surface area contributed by atoms with Gasteiger partial charge in [-0.05, 0) is 25.8 Å². The highest BCUT2D eigenvalue weighted by molar-refractivity contribution is 5.89. The minimum absolute atomic E-state index is 0.180. The minimum Gasteiger partial charge on any atom is -0.445 e. The molecule has 0 aromatic heterocycles. The second kappa shape index (κ2) is 7.53. The van der Waals surface area contributed by atoms with Gasteiger partial charge in [-0.1, -0.05) is 37.3 Å². The molecule has 2 N–H and O–H groups in total. The third-order valence-electron chi connectivity index (χ3n) is 2.73. The van der Waals surface area contributed by atoms with Crippen molar-refractivity contribution in [2.75, 3.05) is 6.54 Å². The number of nitrogens with one attached hydrogen (secondary N) is 2. The summed E-state index contributed by atoms with van der Waals surface area (Å²) in [7, 11) is 0. The number of hydrogen-bond donors (Lipinski definition) is 2. The van der Waals surface area contributed by atoms with E-state index in [4.69, 9.17) is 4.74 Å². The van der Waals surface area contributed by atoms with E-state index in [-0.39, 0.29) is 12.5 Å². The van der Waals surface area contributed by atoms with Gasteiger partial charge in [-0.25, -0.2) is 4.79 Å². The Labute approximate surface area is 119 Å². The first-order valence-electron chi connectivity index (χ1n) is 6.73. The zero-order valence-electron chi connectivity index (χ0n) is 12.2. The van der Waals surface area contributed by atoms with Gasteiger partial charge in [-0.3, -0.25) is 4.79 Å². The molecule has 5 nitrogen and oxygen atoms in total. The van der Waals surface area contributed by atoms with Crippen molar-refractivity contribution in [1.82, 2.24) is 10.6 Å². The number of rotatable bonds is 6. The zero-order chi connectivity index (χ0) is 15.0. The molecule has 0 saturated carbocycles. The predicted molar refractivity (Wildman–Crippen MR) is 77.1 cm³/mol. The average molecular weight is 278 g/mol. The molecule has 0 spiro atoms. The summed E-state index contributed by atoms with van der Waals surface area (Å²) in [6.45, 7) is 6.01. The van der Waals surface area contributed by atoms with Crippen LogP contribution in [0.15, 0.2) is 30.3 Å². The molecule has 0 radical (unpaired) electrons. The van der Waals surface area contributed by atoms with E-state index in [9.17, 15) is 9.59 Å². The standard InChI is InChI=1S/C15H22N2O3/c1-4-10-16-13(18)15(2,3)17-14(19)20-11-12-8-6-5-7-9-12/h5-9H,4,10-11H2,1-3H3,(H,16,18)(H,17,19). The highest BCUT2D eigenvalue weighted by Crippen LogP contribution is 2.05. The SMILES string of the molecule is CCCNC(=O)C(C)(C)NC(=O)OCc1ccccc1. The second-order valence-electron chi connectivity index (χ2n) is 5.07.